The van der Waals surface area contributed by atoms with Crippen LogP contribution < -0.4 is 9.47 Å². The Bertz CT molecular complexity index is 1550. The van der Waals surface area contributed by atoms with Crippen LogP contribution in [-0.4, -0.2) is 58.9 Å². The highest BCUT2D eigenvalue weighted by Crippen LogP contribution is 2.34. The molecule has 1 aromatic carbocycles. The number of likely N-dealkylation sites (tertiary alicyclic amines) is 1. The molecule has 1 aliphatic heterocycles. The van der Waals surface area contributed by atoms with Gasteiger partial charge in [-0.05, 0) is 18.4 Å². The van der Waals surface area contributed by atoms with Gasteiger partial charge >= 0.3 is 0 Å². The van der Waals surface area contributed by atoms with E-state index in [1.807, 2.05) is 35.7 Å². The van der Waals surface area contributed by atoms with E-state index in [2.05, 4.69) is 21.0 Å². The molecule has 0 spiro atoms. The molecule has 1 amide bonds. The second kappa shape index (κ2) is 10.2. The first-order chi connectivity index (χ1) is 18.0. The Labute approximate surface area is 217 Å². The van der Waals surface area contributed by atoms with Gasteiger partial charge < -0.3 is 19.4 Å². The van der Waals surface area contributed by atoms with E-state index in [0.29, 0.717) is 59.0 Å². The monoisotopic (exact) mass is 513 g/mol. The molecule has 5 rings (SSSR count). The molecule has 4 heterocycles. The maximum Gasteiger partial charge on any atom is 0.295 e. The van der Waals surface area contributed by atoms with Crippen molar-refractivity contribution in [3.05, 3.63) is 64.2 Å². The number of fused-ring (bicyclic) bond motifs is 1. The summed E-state index contributed by atoms with van der Waals surface area (Å²) >= 11 is 1.43. The normalized spacial score (nSPS) is 13.3. The highest BCUT2D eigenvalue weighted by Gasteiger charge is 2.30. The summed E-state index contributed by atoms with van der Waals surface area (Å²) in [5.74, 6) is -0.569. The number of amides is 1. The van der Waals surface area contributed by atoms with Gasteiger partial charge in [0.15, 0.2) is 0 Å². The number of Topliss-reactive ketones (excluding diaryl/α,β-unsaturated/α-hetero) is 1. The minimum atomic E-state index is -0.641. The Kier molecular flexibility index (Phi) is 6.70. The first kappa shape index (κ1) is 24.2. The molecule has 4 aromatic rings. The van der Waals surface area contributed by atoms with Crippen molar-refractivity contribution >= 4 is 39.5 Å². The van der Waals surface area contributed by atoms with Gasteiger partial charge in [-0.2, -0.15) is 5.26 Å². The number of thiazole rings is 1. The van der Waals surface area contributed by atoms with Crippen LogP contribution in [0.4, 0.5) is 0 Å². The lowest BCUT2D eigenvalue weighted by atomic mass is 9.98. The number of nitrogens with zero attached hydrogens (tertiary/aromatic N) is 4. The van der Waals surface area contributed by atoms with Crippen LogP contribution in [0.3, 0.4) is 0 Å². The molecule has 37 heavy (non-hydrogen) atoms. The van der Waals surface area contributed by atoms with Crippen LogP contribution in [0.1, 0.15) is 28.2 Å². The number of benzene rings is 1. The topological polar surface area (TPSA) is 121 Å². The zero-order valence-corrected chi connectivity index (χ0v) is 21.1. The Morgan fingerprint density at radius 2 is 1.89 bits per heavy atom. The number of piperidine rings is 1. The van der Waals surface area contributed by atoms with E-state index >= 15 is 0 Å². The van der Waals surface area contributed by atoms with E-state index in [1.165, 1.54) is 42.8 Å². The van der Waals surface area contributed by atoms with Crippen molar-refractivity contribution < 1.29 is 19.1 Å². The van der Waals surface area contributed by atoms with Gasteiger partial charge in [0.25, 0.3) is 11.7 Å². The van der Waals surface area contributed by atoms with E-state index in [9.17, 15) is 14.9 Å². The summed E-state index contributed by atoms with van der Waals surface area (Å²) < 4.78 is 10.6. The second-order valence-electron chi connectivity index (χ2n) is 8.40. The van der Waals surface area contributed by atoms with E-state index in [4.69, 9.17) is 9.47 Å². The van der Waals surface area contributed by atoms with Gasteiger partial charge in [-0.3, -0.25) is 9.59 Å². The number of H-pyrrole nitrogens is 1. The van der Waals surface area contributed by atoms with Crippen molar-refractivity contribution in [3.8, 4) is 29.0 Å². The van der Waals surface area contributed by atoms with Crippen LogP contribution in [0, 0.1) is 11.3 Å². The maximum absolute atomic E-state index is 13.2. The lowest BCUT2D eigenvalue weighted by Gasteiger charge is -2.28. The highest BCUT2D eigenvalue weighted by atomic mass is 32.1. The van der Waals surface area contributed by atoms with Crippen LogP contribution in [0.5, 0.6) is 11.6 Å². The van der Waals surface area contributed by atoms with Crippen molar-refractivity contribution in [3.63, 3.8) is 0 Å². The molecule has 1 saturated heterocycles. The van der Waals surface area contributed by atoms with Gasteiger partial charge in [0.1, 0.15) is 22.3 Å². The number of hydrogen-bond donors (Lipinski definition) is 1. The lowest BCUT2D eigenvalue weighted by Crippen LogP contribution is -2.40. The number of pyridine rings is 1. The summed E-state index contributed by atoms with van der Waals surface area (Å²) in [5, 5.41) is 13.0. The number of aromatic nitrogens is 3. The van der Waals surface area contributed by atoms with Gasteiger partial charge in [-0.15, -0.1) is 11.3 Å². The van der Waals surface area contributed by atoms with Crippen molar-refractivity contribution in [1.29, 1.82) is 5.26 Å². The van der Waals surface area contributed by atoms with E-state index in [-0.39, 0.29) is 5.56 Å². The van der Waals surface area contributed by atoms with Crippen LogP contribution in [0.2, 0.25) is 0 Å². The molecular formula is C27H23N5O4S. The van der Waals surface area contributed by atoms with Gasteiger partial charge in [0.05, 0.1) is 42.6 Å². The number of allylic oxidation sites excluding steroid dienone is 1. The molecular weight excluding hydrogens is 490 g/mol. The average Bonchev–Trinajstić information content (AvgIpc) is 3.62. The highest BCUT2D eigenvalue weighted by molar-refractivity contribution is 7.11. The van der Waals surface area contributed by atoms with Crippen LogP contribution >= 0.6 is 11.3 Å². The third-order valence-electron chi connectivity index (χ3n) is 6.40. The van der Waals surface area contributed by atoms with Gasteiger partial charge in [0, 0.05) is 30.2 Å². The Hall–Kier alpha value is -4.49. The Morgan fingerprint density at radius 3 is 2.57 bits per heavy atom. The number of nitrogens with one attached hydrogen (secondary N) is 1. The predicted molar refractivity (Wildman–Crippen MR) is 139 cm³/mol. The number of hydrogen-bond acceptors (Lipinski definition) is 8. The SMILES string of the molecule is COc1ncc(OC)c2c(C(=O)C(=O)N3CCC(=C(C#N)c4nc(-c5ccccc5)cs4)CC3)c[nH]c12. The summed E-state index contributed by atoms with van der Waals surface area (Å²) in [6.07, 6.45) is 3.93. The summed E-state index contributed by atoms with van der Waals surface area (Å²) in [4.78, 5) is 39.7. The molecule has 1 N–H and O–H groups in total. The lowest BCUT2D eigenvalue weighted by molar-refractivity contribution is -0.126. The number of carbonyl (C=O) groups excluding carboxylic acids is 2. The largest absolute Gasteiger partial charge is 0.494 e. The molecule has 0 atom stereocenters. The smallest absolute Gasteiger partial charge is 0.295 e. The molecule has 9 nitrogen and oxygen atoms in total. The quantitative estimate of drug-likeness (QED) is 0.229. The number of nitriles is 1. The van der Waals surface area contributed by atoms with Crippen molar-refractivity contribution in [2.24, 2.45) is 0 Å². The van der Waals surface area contributed by atoms with E-state index in [1.54, 1.807) is 0 Å². The number of rotatable bonds is 6. The number of ether oxygens (including phenoxy) is 2. The number of methoxy groups -OCH3 is 2. The molecule has 1 fully saturated rings. The van der Waals surface area contributed by atoms with Crippen molar-refractivity contribution in [2.45, 2.75) is 12.8 Å². The average molecular weight is 514 g/mol. The molecule has 186 valence electrons. The van der Waals surface area contributed by atoms with E-state index < -0.39 is 11.7 Å². The van der Waals surface area contributed by atoms with Crippen LogP contribution in [0.25, 0.3) is 27.7 Å². The maximum atomic E-state index is 13.2. The number of carbonyl (C=O) groups is 2. The van der Waals surface area contributed by atoms with E-state index in [0.717, 1.165) is 16.8 Å². The van der Waals surface area contributed by atoms with Gasteiger partial charge in [0.2, 0.25) is 5.88 Å². The molecule has 0 radical (unpaired) electrons. The first-order valence-electron chi connectivity index (χ1n) is 11.6. The molecule has 0 aliphatic carbocycles. The zero-order chi connectivity index (χ0) is 25.9. The number of ketones is 1. The fraction of sp³-hybridized carbons (Fsp3) is 0.222. The van der Waals surface area contributed by atoms with Crippen LogP contribution in [0.15, 0.2) is 53.7 Å². The summed E-state index contributed by atoms with van der Waals surface area (Å²) in [6.45, 7) is 0.679. The molecule has 1 aliphatic rings. The zero-order valence-electron chi connectivity index (χ0n) is 20.3. The Morgan fingerprint density at radius 1 is 1.14 bits per heavy atom. The van der Waals surface area contributed by atoms with Crippen molar-refractivity contribution in [2.75, 3.05) is 27.3 Å². The second-order valence-corrected chi connectivity index (χ2v) is 9.26. The first-order valence-corrected chi connectivity index (χ1v) is 12.5. The third-order valence-corrected chi connectivity index (χ3v) is 7.26. The molecule has 0 unspecified atom stereocenters. The predicted octanol–water partition coefficient (Wildman–Crippen LogP) is 4.49. The van der Waals surface area contributed by atoms with Gasteiger partial charge in [-0.1, -0.05) is 30.3 Å². The standard InChI is InChI=1S/C27H23N5O4S/c1-35-21-14-30-25(36-2)23-22(21)19(13-29-23)24(33)27(34)32-10-8-16(9-11-32)18(12-28)26-31-20(15-37-26)17-6-4-3-5-7-17/h3-7,13-15,29H,8-11H2,1-2H3. The van der Waals surface area contributed by atoms with Crippen molar-refractivity contribution in [1.82, 2.24) is 19.9 Å². The fourth-order valence-electron chi connectivity index (χ4n) is 4.48. The molecule has 0 saturated carbocycles. The molecule has 0 bridgehead atoms. The van der Waals surface area contributed by atoms with Crippen LogP contribution in [-0.2, 0) is 4.79 Å². The Balaban J connectivity index is 1.34. The summed E-state index contributed by atoms with van der Waals surface area (Å²) in [5.41, 5.74) is 4.00. The summed E-state index contributed by atoms with van der Waals surface area (Å²) in [6, 6.07) is 12.1. The molecule has 10 heteroatoms. The third kappa shape index (κ3) is 4.45. The minimum Gasteiger partial charge on any atom is -0.494 e. The summed E-state index contributed by atoms with van der Waals surface area (Å²) in [7, 11) is 2.95. The minimum absolute atomic E-state index is 0.202. The number of aromatic amines is 1. The molecule has 3 aromatic heterocycles. The fourth-order valence-corrected chi connectivity index (χ4v) is 5.35. The van der Waals surface area contributed by atoms with Gasteiger partial charge in [-0.25, -0.2) is 9.97 Å².